The fourth-order valence-electron chi connectivity index (χ4n) is 1.79. The number of carbonyl (C=O) groups is 1. The van der Waals surface area contributed by atoms with Crippen LogP contribution in [-0.4, -0.2) is 16.0 Å². The van der Waals surface area contributed by atoms with Gasteiger partial charge in [-0.05, 0) is 23.6 Å². The van der Waals surface area contributed by atoms with Gasteiger partial charge in [-0.15, -0.1) is 11.3 Å². The number of nitrogens with zero attached hydrogens (tertiary/aromatic N) is 1. The first kappa shape index (κ1) is 15.6. The van der Waals surface area contributed by atoms with Gasteiger partial charge in [0.2, 0.25) is 5.91 Å². The highest BCUT2D eigenvalue weighted by molar-refractivity contribution is 7.15. The first-order valence-corrected chi connectivity index (χ1v) is 7.46. The average molecular weight is 308 g/mol. The highest BCUT2D eigenvalue weighted by atomic mass is 32.1. The standard InChI is InChI=1S/C15H17FN2O2S/c1-9(2)13-8-17-15(21-13)18-14(20)7-12(19)10-4-3-5-11(16)6-10/h3-6,8-9,12,19H,7H2,1-2H3,(H,17,18,20). The van der Waals surface area contributed by atoms with Crippen LogP contribution in [0.2, 0.25) is 0 Å². The maximum Gasteiger partial charge on any atom is 0.229 e. The van der Waals surface area contributed by atoms with Gasteiger partial charge in [0.25, 0.3) is 0 Å². The normalized spacial score (nSPS) is 12.4. The number of aromatic nitrogens is 1. The molecule has 112 valence electrons. The van der Waals surface area contributed by atoms with Crippen molar-refractivity contribution in [2.24, 2.45) is 0 Å². The summed E-state index contributed by atoms with van der Waals surface area (Å²) in [7, 11) is 0. The number of thiazole rings is 1. The van der Waals surface area contributed by atoms with Gasteiger partial charge in [-0.25, -0.2) is 9.37 Å². The van der Waals surface area contributed by atoms with E-state index in [9.17, 15) is 14.3 Å². The van der Waals surface area contributed by atoms with Crippen molar-refractivity contribution in [3.8, 4) is 0 Å². The molecular formula is C15H17FN2O2S. The molecule has 0 bridgehead atoms. The molecule has 0 saturated carbocycles. The second kappa shape index (κ2) is 6.78. The number of nitrogens with one attached hydrogen (secondary N) is 1. The summed E-state index contributed by atoms with van der Waals surface area (Å²) in [6, 6.07) is 5.60. The summed E-state index contributed by atoms with van der Waals surface area (Å²) in [5.74, 6) is -0.434. The Labute approximate surface area is 126 Å². The van der Waals surface area contributed by atoms with Crippen LogP contribution in [-0.2, 0) is 4.79 Å². The van der Waals surface area contributed by atoms with E-state index in [1.165, 1.54) is 29.5 Å². The molecule has 1 heterocycles. The van der Waals surface area contributed by atoms with Crippen LogP contribution < -0.4 is 5.32 Å². The predicted molar refractivity (Wildman–Crippen MR) is 80.8 cm³/mol. The van der Waals surface area contributed by atoms with Crippen LogP contribution in [0.3, 0.4) is 0 Å². The van der Waals surface area contributed by atoms with Gasteiger partial charge in [-0.1, -0.05) is 26.0 Å². The highest BCUT2D eigenvalue weighted by Crippen LogP contribution is 2.26. The molecule has 0 aliphatic heterocycles. The van der Waals surface area contributed by atoms with E-state index in [1.54, 1.807) is 12.3 Å². The lowest BCUT2D eigenvalue weighted by Crippen LogP contribution is -2.15. The number of aliphatic hydroxyl groups is 1. The van der Waals surface area contributed by atoms with E-state index in [-0.39, 0.29) is 12.3 Å². The molecule has 4 nitrogen and oxygen atoms in total. The Morgan fingerprint density at radius 1 is 1.48 bits per heavy atom. The molecule has 0 aliphatic carbocycles. The molecule has 6 heteroatoms. The van der Waals surface area contributed by atoms with Crippen molar-refractivity contribution in [1.29, 1.82) is 0 Å². The molecule has 1 aromatic heterocycles. The monoisotopic (exact) mass is 308 g/mol. The molecule has 0 aliphatic rings. The van der Waals surface area contributed by atoms with Gasteiger partial charge in [-0.3, -0.25) is 4.79 Å². The second-order valence-electron chi connectivity index (χ2n) is 5.05. The Balaban J connectivity index is 1.94. The fraction of sp³-hybridized carbons (Fsp3) is 0.333. The van der Waals surface area contributed by atoms with Gasteiger partial charge >= 0.3 is 0 Å². The van der Waals surface area contributed by atoms with E-state index in [2.05, 4.69) is 10.3 Å². The second-order valence-corrected chi connectivity index (χ2v) is 6.11. The molecular weight excluding hydrogens is 291 g/mol. The van der Waals surface area contributed by atoms with E-state index in [0.29, 0.717) is 16.6 Å². The molecule has 1 amide bonds. The Hall–Kier alpha value is -1.79. The van der Waals surface area contributed by atoms with E-state index < -0.39 is 11.9 Å². The van der Waals surface area contributed by atoms with Gasteiger partial charge in [0.05, 0.1) is 12.5 Å². The number of rotatable bonds is 5. The van der Waals surface area contributed by atoms with Crippen LogP contribution in [0.15, 0.2) is 30.5 Å². The van der Waals surface area contributed by atoms with E-state index in [4.69, 9.17) is 0 Å². The molecule has 0 radical (unpaired) electrons. The summed E-state index contributed by atoms with van der Waals surface area (Å²) < 4.78 is 13.1. The van der Waals surface area contributed by atoms with Crippen molar-refractivity contribution < 1.29 is 14.3 Å². The third kappa shape index (κ3) is 4.34. The number of aliphatic hydroxyl groups excluding tert-OH is 1. The minimum absolute atomic E-state index is 0.139. The van der Waals surface area contributed by atoms with Crippen molar-refractivity contribution in [2.45, 2.75) is 32.3 Å². The summed E-state index contributed by atoms with van der Waals surface area (Å²) in [6.45, 7) is 4.10. The number of hydrogen-bond acceptors (Lipinski definition) is 4. The lowest BCUT2D eigenvalue weighted by Gasteiger charge is -2.10. The topological polar surface area (TPSA) is 62.2 Å². The first-order chi connectivity index (χ1) is 9.95. The molecule has 1 atom stereocenters. The van der Waals surface area contributed by atoms with Crippen LogP contribution in [0.1, 0.15) is 42.7 Å². The lowest BCUT2D eigenvalue weighted by atomic mass is 10.1. The molecule has 1 aromatic carbocycles. The number of amides is 1. The zero-order valence-corrected chi connectivity index (χ0v) is 12.7. The third-order valence-corrected chi connectivity index (χ3v) is 4.16. The van der Waals surface area contributed by atoms with Crippen molar-refractivity contribution >= 4 is 22.4 Å². The van der Waals surface area contributed by atoms with Gasteiger partial charge in [0, 0.05) is 11.1 Å². The zero-order valence-electron chi connectivity index (χ0n) is 11.8. The summed E-state index contributed by atoms with van der Waals surface area (Å²) >= 11 is 1.41. The quantitative estimate of drug-likeness (QED) is 0.889. The number of anilines is 1. The lowest BCUT2D eigenvalue weighted by molar-refractivity contribution is -0.118. The number of hydrogen-bond donors (Lipinski definition) is 2. The molecule has 1 unspecified atom stereocenters. The summed E-state index contributed by atoms with van der Waals surface area (Å²) in [5.41, 5.74) is 0.382. The maximum absolute atomic E-state index is 13.1. The highest BCUT2D eigenvalue weighted by Gasteiger charge is 2.15. The molecule has 2 aromatic rings. The Morgan fingerprint density at radius 2 is 2.24 bits per heavy atom. The van der Waals surface area contributed by atoms with Crippen molar-refractivity contribution in [3.05, 3.63) is 46.7 Å². The fourth-order valence-corrected chi connectivity index (χ4v) is 2.62. The van der Waals surface area contributed by atoms with Crippen LogP contribution in [0.25, 0.3) is 0 Å². The van der Waals surface area contributed by atoms with E-state index in [1.807, 2.05) is 13.8 Å². The minimum atomic E-state index is -1.04. The summed E-state index contributed by atoms with van der Waals surface area (Å²) in [5, 5.41) is 13.1. The largest absolute Gasteiger partial charge is 0.388 e. The summed E-state index contributed by atoms with van der Waals surface area (Å²) in [4.78, 5) is 17.1. The number of benzene rings is 1. The smallest absolute Gasteiger partial charge is 0.229 e. The molecule has 0 saturated heterocycles. The average Bonchev–Trinajstić information content (AvgIpc) is 2.87. The maximum atomic E-state index is 13.1. The zero-order chi connectivity index (χ0) is 15.4. The SMILES string of the molecule is CC(C)c1cnc(NC(=O)CC(O)c2cccc(F)c2)s1. The Bertz CT molecular complexity index is 628. The minimum Gasteiger partial charge on any atom is -0.388 e. The molecule has 2 N–H and O–H groups in total. The molecule has 0 spiro atoms. The number of carbonyl (C=O) groups excluding carboxylic acids is 1. The van der Waals surface area contributed by atoms with Crippen LogP contribution in [0.5, 0.6) is 0 Å². The van der Waals surface area contributed by atoms with Crippen LogP contribution in [0, 0.1) is 5.82 Å². The van der Waals surface area contributed by atoms with E-state index in [0.717, 1.165) is 4.88 Å². The van der Waals surface area contributed by atoms with Crippen LogP contribution in [0.4, 0.5) is 9.52 Å². The Morgan fingerprint density at radius 3 is 2.86 bits per heavy atom. The van der Waals surface area contributed by atoms with Gasteiger partial charge in [0.15, 0.2) is 5.13 Å². The van der Waals surface area contributed by atoms with Gasteiger partial charge in [0.1, 0.15) is 5.82 Å². The first-order valence-electron chi connectivity index (χ1n) is 6.65. The summed E-state index contributed by atoms with van der Waals surface area (Å²) in [6.07, 6.45) is 0.554. The van der Waals surface area contributed by atoms with E-state index >= 15 is 0 Å². The molecule has 2 rings (SSSR count). The Kier molecular flexibility index (Phi) is 5.03. The predicted octanol–water partition coefficient (Wildman–Crippen LogP) is 3.47. The number of halogens is 1. The molecule has 21 heavy (non-hydrogen) atoms. The van der Waals surface area contributed by atoms with Gasteiger partial charge in [-0.2, -0.15) is 0 Å². The van der Waals surface area contributed by atoms with Crippen molar-refractivity contribution in [1.82, 2.24) is 4.98 Å². The van der Waals surface area contributed by atoms with Gasteiger partial charge < -0.3 is 10.4 Å². The van der Waals surface area contributed by atoms with Crippen LogP contribution >= 0.6 is 11.3 Å². The van der Waals surface area contributed by atoms with Crippen molar-refractivity contribution in [3.63, 3.8) is 0 Å². The third-order valence-electron chi connectivity index (χ3n) is 2.95. The molecule has 0 fully saturated rings. The van der Waals surface area contributed by atoms with Crippen molar-refractivity contribution in [2.75, 3.05) is 5.32 Å².